The van der Waals surface area contributed by atoms with Crippen LogP contribution in [0.5, 0.6) is 17.2 Å². The van der Waals surface area contributed by atoms with Gasteiger partial charge in [0.2, 0.25) is 0 Å². The molecule has 2 unspecified atom stereocenters. The Morgan fingerprint density at radius 3 is 2.19 bits per heavy atom. The van der Waals surface area contributed by atoms with Crippen LogP contribution >= 0.6 is 19.6 Å². The number of benzene rings is 2. The molecule has 3 rings (SSSR count). The number of unbranched alkanes of at least 4 members (excludes halogenated alkanes) is 9. The van der Waals surface area contributed by atoms with Crippen molar-refractivity contribution < 1.29 is 32.7 Å². The summed E-state index contributed by atoms with van der Waals surface area (Å²) in [5.74, 6) is 2.56. The molecule has 1 N–H and O–H groups in total. The van der Waals surface area contributed by atoms with Crippen LogP contribution in [0.25, 0.3) is 0 Å². The van der Waals surface area contributed by atoms with Gasteiger partial charge in [0.1, 0.15) is 30.0 Å². The Kier molecular flexibility index (Phi) is 16.3. The average Bonchev–Trinajstić information content (AvgIpc) is 3.50. The van der Waals surface area contributed by atoms with Gasteiger partial charge in [0.05, 0.1) is 19.1 Å². The summed E-state index contributed by atoms with van der Waals surface area (Å²) in [5, 5.41) is 2.06. The van der Waals surface area contributed by atoms with E-state index in [0.717, 1.165) is 30.2 Å². The van der Waals surface area contributed by atoms with Crippen molar-refractivity contribution in [1.29, 1.82) is 0 Å². The third kappa shape index (κ3) is 14.3. The lowest BCUT2D eigenvalue weighted by molar-refractivity contribution is 0.0160. The maximum atomic E-state index is 12.5. The summed E-state index contributed by atoms with van der Waals surface area (Å²) < 4.78 is 40.1. The molecule has 0 spiro atoms. The van der Waals surface area contributed by atoms with Gasteiger partial charge < -0.3 is 23.6 Å². The summed E-state index contributed by atoms with van der Waals surface area (Å²) in [5.41, 5.74) is 1.08. The third-order valence-corrected chi connectivity index (χ3v) is 8.61. The van der Waals surface area contributed by atoms with Gasteiger partial charge in [0, 0.05) is 25.9 Å². The molecule has 2 aromatic carbocycles. The number of hydrogen-bond donors (Lipinski definition) is 1. The van der Waals surface area contributed by atoms with Gasteiger partial charge in [-0.05, 0) is 41.7 Å². The molecule has 42 heavy (non-hydrogen) atoms. The zero-order chi connectivity index (χ0) is 29.9. The standard InChI is InChI=1S/C32H48NO7PS/c1-3-4-5-6-7-8-9-10-11-12-21-37-30-14-13-15-31(23-30)38-25-32(36-2)26-39-41(34,35)40-29-18-16-28(17-19-29)24-33-20-22-42-27-33/h13-20,22-23,32H,3-12,21,24-27H2,1-2H3,(H,34,35). The molecule has 2 aromatic rings. The van der Waals surface area contributed by atoms with Gasteiger partial charge in [0.15, 0.2) is 0 Å². The molecule has 0 saturated carbocycles. The predicted octanol–water partition coefficient (Wildman–Crippen LogP) is 8.55. The van der Waals surface area contributed by atoms with Crippen molar-refractivity contribution >= 4 is 19.6 Å². The molecule has 0 aromatic heterocycles. The van der Waals surface area contributed by atoms with Crippen molar-refractivity contribution in [3.05, 3.63) is 65.7 Å². The van der Waals surface area contributed by atoms with E-state index in [1.165, 1.54) is 64.9 Å². The zero-order valence-corrected chi connectivity index (χ0v) is 26.9. The molecule has 1 aliphatic rings. The Hall–Kier alpha value is -2.16. The van der Waals surface area contributed by atoms with Crippen molar-refractivity contribution in [2.45, 2.75) is 83.8 Å². The molecule has 1 aliphatic heterocycles. The first-order valence-corrected chi connectivity index (χ1v) is 17.7. The van der Waals surface area contributed by atoms with Crippen LogP contribution in [0.1, 0.15) is 76.7 Å². The Balaban J connectivity index is 1.30. The minimum Gasteiger partial charge on any atom is -0.493 e. The van der Waals surface area contributed by atoms with Gasteiger partial charge in [-0.2, -0.15) is 0 Å². The molecule has 1 heterocycles. The van der Waals surface area contributed by atoms with Crippen LogP contribution in [-0.2, 0) is 20.4 Å². The minimum atomic E-state index is -4.34. The summed E-state index contributed by atoms with van der Waals surface area (Å²) in [4.78, 5) is 12.4. The zero-order valence-electron chi connectivity index (χ0n) is 25.2. The number of ether oxygens (including phenoxy) is 3. The predicted molar refractivity (Wildman–Crippen MR) is 170 cm³/mol. The van der Waals surface area contributed by atoms with Gasteiger partial charge in [-0.1, -0.05) is 82.9 Å². The van der Waals surface area contributed by atoms with E-state index in [1.54, 1.807) is 23.9 Å². The largest absolute Gasteiger partial charge is 0.527 e. The molecule has 234 valence electrons. The number of rotatable bonds is 23. The highest BCUT2D eigenvalue weighted by Gasteiger charge is 2.25. The third-order valence-electron chi connectivity index (χ3n) is 6.90. The van der Waals surface area contributed by atoms with Crippen LogP contribution in [0, 0.1) is 0 Å². The number of hydrogen-bond acceptors (Lipinski definition) is 8. The number of nitrogens with zero attached hydrogens (tertiary/aromatic N) is 1. The van der Waals surface area contributed by atoms with Gasteiger partial charge in [-0.25, -0.2) is 4.57 Å². The van der Waals surface area contributed by atoms with Gasteiger partial charge >= 0.3 is 7.82 Å². The average molecular weight is 622 g/mol. The Labute approximate surface area is 256 Å². The lowest BCUT2D eigenvalue weighted by atomic mass is 10.1. The second-order valence-electron chi connectivity index (χ2n) is 10.5. The molecule has 0 fully saturated rings. The normalized spacial score (nSPS) is 15.0. The van der Waals surface area contributed by atoms with E-state index < -0.39 is 13.9 Å². The molecule has 0 bridgehead atoms. The van der Waals surface area contributed by atoms with Crippen molar-refractivity contribution in [1.82, 2.24) is 4.90 Å². The highest BCUT2D eigenvalue weighted by atomic mass is 32.2. The summed E-state index contributed by atoms with van der Waals surface area (Å²) in [6.45, 7) is 3.66. The fraction of sp³-hybridized carbons (Fsp3) is 0.562. The monoisotopic (exact) mass is 621 g/mol. The molecular weight excluding hydrogens is 573 g/mol. The van der Waals surface area contributed by atoms with E-state index in [1.807, 2.05) is 42.6 Å². The summed E-state index contributed by atoms with van der Waals surface area (Å²) >= 11 is 1.74. The Bertz CT molecular complexity index is 1080. The fourth-order valence-electron chi connectivity index (χ4n) is 4.44. The van der Waals surface area contributed by atoms with Crippen molar-refractivity contribution in [3.8, 4) is 17.2 Å². The molecule has 0 saturated heterocycles. The number of thioether (sulfide) groups is 1. The summed E-state index contributed by atoms with van der Waals surface area (Å²) in [7, 11) is -2.84. The first kappa shape index (κ1) is 34.3. The molecule has 0 aliphatic carbocycles. The maximum Gasteiger partial charge on any atom is 0.527 e. The quantitative estimate of drug-likeness (QED) is 0.0969. The molecule has 0 amide bonds. The van der Waals surface area contributed by atoms with Crippen molar-refractivity contribution in [3.63, 3.8) is 0 Å². The highest BCUT2D eigenvalue weighted by Crippen LogP contribution is 2.44. The summed E-state index contributed by atoms with van der Waals surface area (Å²) in [6, 6.07) is 14.5. The SMILES string of the molecule is CCCCCCCCCCCCOc1cccc(OCC(COP(=O)(O)Oc2ccc(CN3C=CSC3)cc2)OC)c1. The van der Waals surface area contributed by atoms with Gasteiger partial charge in [-0.15, -0.1) is 11.8 Å². The van der Waals surface area contributed by atoms with E-state index >= 15 is 0 Å². The highest BCUT2D eigenvalue weighted by molar-refractivity contribution is 8.02. The first-order chi connectivity index (χ1) is 20.5. The Morgan fingerprint density at radius 2 is 1.55 bits per heavy atom. The fourth-order valence-corrected chi connectivity index (χ4v) is 5.95. The van der Waals surface area contributed by atoms with Gasteiger partial charge in [0.25, 0.3) is 0 Å². The molecule has 10 heteroatoms. The van der Waals surface area contributed by atoms with Gasteiger partial charge in [-0.3, -0.25) is 9.42 Å². The number of methoxy groups -OCH3 is 1. The van der Waals surface area contributed by atoms with Crippen molar-refractivity contribution in [2.24, 2.45) is 0 Å². The molecular formula is C32H48NO7PS. The lowest BCUT2D eigenvalue weighted by Gasteiger charge is -2.19. The lowest BCUT2D eigenvalue weighted by Crippen LogP contribution is -2.25. The van der Waals surface area contributed by atoms with Crippen LogP contribution in [0.2, 0.25) is 0 Å². The topological polar surface area (TPSA) is 86.7 Å². The van der Waals surface area contributed by atoms with Crippen LogP contribution in [0.3, 0.4) is 0 Å². The minimum absolute atomic E-state index is 0.135. The van der Waals surface area contributed by atoms with Crippen molar-refractivity contribution in [2.75, 3.05) is 32.8 Å². The van der Waals surface area contributed by atoms with Crippen LogP contribution in [-0.4, -0.2) is 48.7 Å². The molecule has 2 atom stereocenters. The second kappa shape index (κ2) is 19.9. The van der Waals surface area contributed by atoms with Crippen LogP contribution < -0.4 is 14.0 Å². The Morgan fingerprint density at radius 1 is 0.881 bits per heavy atom. The van der Waals surface area contributed by atoms with E-state index in [0.29, 0.717) is 12.4 Å². The smallest absolute Gasteiger partial charge is 0.493 e. The molecule has 8 nitrogen and oxygen atoms in total. The summed E-state index contributed by atoms with van der Waals surface area (Å²) in [6.07, 6.45) is 14.4. The van der Waals surface area contributed by atoms with E-state index in [9.17, 15) is 9.46 Å². The molecule has 0 radical (unpaired) electrons. The number of phosphoric ester groups is 1. The maximum absolute atomic E-state index is 12.5. The first-order valence-electron chi connectivity index (χ1n) is 15.1. The second-order valence-corrected chi connectivity index (χ2v) is 12.7. The van der Waals surface area contributed by atoms with Crippen LogP contribution in [0.15, 0.2) is 60.1 Å². The van der Waals surface area contributed by atoms with E-state index in [2.05, 4.69) is 17.2 Å². The van der Waals surface area contributed by atoms with Crippen LogP contribution in [0.4, 0.5) is 0 Å². The number of phosphoric acid groups is 1. The van der Waals surface area contributed by atoms with E-state index in [4.69, 9.17) is 23.3 Å². The van der Waals surface area contributed by atoms with E-state index in [-0.39, 0.29) is 19.0 Å².